The highest BCUT2D eigenvalue weighted by Gasteiger charge is 2.44. The van der Waals surface area contributed by atoms with E-state index in [1.165, 1.54) is 20.0 Å². The van der Waals surface area contributed by atoms with Crippen LogP contribution in [-0.2, 0) is 29.2 Å². The minimum absolute atomic E-state index is 0.0123. The van der Waals surface area contributed by atoms with Crippen LogP contribution in [0.15, 0.2) is 0 Å². The molecular formula is C28H46O7S. The first-order valence-corrected chi connectivity index (χ1v) is 15.9. The summed E-state index contributed by atoms with van der Waals surface area (Å²) in [6.07, 6.45) is 12.6. The maximum atomic E-state index is 13.3. The molecule has 3 atom stereocenters. The maximum absolute atomic E-state index is 13.3. The summed E-state index contributed by atoms with van der Waals surface area (Å²) in [5.74, 6) is 0.933. The van der Waals surface area contributed by atoms with Crippen molar-refractivity contribution in [1.29, 1.82) is 0 Å². The topological polar surface area (TPSA) is 107 Å². The van der Waals surface area contributed by atoms with Gasteiger partial charge in [0.2, 0.25) is 0 Å². The zero-order valence-corrected chi connectivity index (χ0v) is 22.9. The van der Waals surface area contributed by atoms with Gasteiger partial charge in [-0.1, -0.05) is 19.8 Å². The largest absolute Gasteiger partial charge is 0.381 e. The zero-order chi connectivity index (χ0) is 25.9. The Morgan fingerprint density at radius 3 is 1.58 bits per heavy atom. The van der Waals surface area contributed by atoms with Gasteiger partial charge in [0, 0.05) is 30.8 Å². The second kappa shape index (κ2) is 12.4. The van der Waals surface area contributed by atoms with Gasteiger partial charge >= 0.3 is 0 Å². The summed E-state index contributed by atoms with van der Waals surface area (Å²) in [5.41, 5.74) is 0. The molecule has 0 aromatic rings. The van der Waals surface area contributed by atoms with Crippen molar-refractivity contribution < 1.29 is 32.0 Å². The van der Waals surface area contributed by atoms with E-state index < -0.39 is 21.3 Å². The van der Waals surface area contributed by atoms with Gasteiger partial charge in [0.15, 0.2) is 0 Å². The van der Waals surface area contributed by atoms with Gasteiger partial charge in [0.1, 0.15) is 11.6 Å². The summed E-state index contributed by atoms with van der Waals surface area (Å²) in [5, 5.41) is -1.06. The first kappa shape index (κ1) is 28.2. The number of carbonyl (C=O) groups excluding carboxylic acids is 2. The molecule has 206 valence electrons. The number of rotatable bonds is 8. The van der Waals surface area contributed by atoms with Crippen LogP contribution in [0, 0.1) is 29.6 Å². The number of ether oxygens (including phenoxy) is 2. The zero-order valence-electron chi connectivity index (χ0n) is 22.1. The Labute approximate surface area is 217 Å². The summed E-state index contributed by atoms with van der Waals surface area (Å²) in [6.45, 7) is 2.29. The molecule has 4 aliphatic carbocycles. The quantitative estimate of drug-likeness (QED) is 0.436. The molecule has 0 heterocycles. The minimum Gasteiger partial charge on any atom is -0.381 e. The highest BCUT2D eigenvalue weighted by atomic mass is 32.2. The Kier molecular flexibility index (Phi) is 9.67. The third-order valence-corrected chi connectivity index (χ3v) is 11.1. The molecule has 0 bridgehead atoms. The van der Waals surface area contributed by atoms with Gasteiger partial charge in [-0.05, 0) is 89.4 Å². The van der Waals surface area contributed by atoms with Crippen molar-refractivity contribution in [3.63, 3.8) is 0 Å². The monoisotopic (exact) mass is 526 g/mol. The summed E-state index contributed by atoms with van der Waals surface area (Å²) in [6, 6.07) is 0. The van der Waals surface area contributed by atoms with Crippen LogP contribution in [0.25, 0.3) is 0 Å². The predicted octanol–water partition coefficient (Wildman–Crippen LogP) is 5.16. The lowest BCUT2D eigenvalue weighted by atomic mass is 9.74. The lowest BCUT2D eigenvalue weighted by Crippen LogP contribution is -2.44. The highest BCUT2D eigenvalue weighted by molar-refractivity contribution is 7.86. The van der Waals surface area contributed by atoms with Crippen molar-refractivity contribution in [2.75, 3.05) is 7.11 Å². The number of hydrogen-bond acceptors (Lipinski definition) is 6. The van der Waals surface area contributed by atoms with Crippen molar-refractivity contribution in [2.24, 2.45) is 29.6 Å². The van der Waals surface area contributed by atoms with E-state index in [0.717, 1.165) is 57.3 Å². The van der Waals surface area contributed by atoms with Crippen LogP contribution < -0.4 is 0 Å². The van der Waals surface area contributed by atoms with Crippen LogP contribution in [0.5, 0.6) is 0 Å². The van der Waals surface area contributed by atoms with Gasteiger partial charge in [0.05, 0.1) is 23.6 Å². The average molecular weight is 527 g/mol. The Bertz CT molecular complexity index is 847. The second-order valence-corrected chi connectivity index (χ2v) is 13.8. The van der Waals surface area contributed by atoms with Crippen LogP contribution in [0.1, 0.15) is 103 Å². The predicted molar refractivity (Wildman–Crippen MR) is 137 cm³/mol. The summed E-state index contributed by atoms with van der Waals surface area (Å²) in [4.78, 5) is 26.2. The normalized spacial score (nSPS) is 40.5. The SMILES string of the molecule is COC1CCC(C(=O)C2CCC(OC3CCC(C(=O)C4CCC(C)CC4)CC3)CC2)C(S(=O)(=O)O)C1. The fourth-order valence-corrected chi connectivity index (χ4v) is 8.52. The Morgan fingerprint density at radius 1 is 0.667 bits per heavy atom. The molecule has 1 N–H and O–H groups in total. The average Bonchev–Trinajstić information content (AvgIpc) is 2.88. The van der Waals surface area contributed by atoms with Gasteiger partial charge in [-0.15, -0.1) is 0 Å². The van der Waals surface area contributed by atoms with Gasteiger partial charge in [-0.3, -0.25) is 14.1 Å². The first-order chi connectivity index (χ1) is 17.2. The van der Waals surface area contributed by atoms with E-state index in [9.17, 15) is 22.6 Å². The molecule has 7 nitrogen and oxygen atoms in total. The molecule has 4 rings (SSSR count). The number of methoxy groups -OCH3 is 1. The lowest BCUT2D eigenvalue weighted by molar-refractivity contribution is -0.132. The van der Waals surface area contributed by atoms with Crippen molar-refractivity contribution in [3.05, 3.63) is 0 Å². The molecule has 0 amide bonds. The van der Waals surface area contributed by atoms with Crippen LogP contribution in [0.2, 0.25) is 0 Å². The highest BCUT2D eigenvalue weighted by Crippen LogP contribution is 2.39. The fraction of sp³-hybridized carbons (Fsp3) is 0.929. The van der Waals surface area contributed by atoms with Gasteiger partial charge in [0.25, 0.3) is 10.1 Å². The minimum atomic E-state index is -4.30. The molecule has 0 aliphatic heterocycles. The molecule has 0 aromatic carbocycles. The molecule has 0 aromatic heterocycles. The molecule has 36 heavy (non-hydrogen) atoms. The molecule has 3 unspecified atom stereocenters. The third-order valence-electron chi connectivity index (χ3n) is 9.78. The van der Waals surface area contributed by atoms with Gasteiger partial charge in [-0.25, -0.2) is 0 Å². The number of ketones is 2. The van der Waals surface area contributed by atoms with E-state index in [4.69, 9.17) is 9.47 Å². The van der Waals surface area contributed by atoms with Crippen LogP contribution in [-0.4, -0.2) is 55.2 Å². The molecule has 0 radical (unpaired) electrons. The molecular weight excluding hydrogens is 480 g/mol. The van der Waals surface area contributed by atoms with Crippen LogP contribution in [0.4, 0.5) is 0 Å². The molecule has 4 saturated carbocycles. The summed E-state index contributed by atoms with van der Waals surface area (Å²) >= 11 is 0. The first-order valence-electron chi connectivity index (χ1n) is 14.4. The van der Waals surface area contributed by atoms with Crippen LogP contribution >= 0.6 is 0 Å². The Morgan fingerprint density at radius 2 is 1.11 bits per heavy atom. The Balaban J connectivity index is 1.20. The van der Waals surface area contributed by atoms with Gasteiger partial charge < -0.3 is 9.47 Å². The van der Waals surface area contributed by atoms with Crippen molar-refractivity contribution in [3.8, 4) is 0 Å². The van der Waals surface area contributed by atoms with Crippen molar-refractivity contribution >= 4 is 21.7 Å². The van der Waals surface area contributed by atoms with Crippen molar-refractivity contribution in [2.45, 2.75) is 127 Å². The molecule has 0 saturated heterocycles. The van der Waals surface area contributed by atoms with E-state index in [-0.39, 0.29) is 48.3 Å². The van der Waals surface area contributed by atoms with E-state index in [2.05, 4.69) is 6.92 Å². The Hall–Kier alpha value is -0.830. The van der Waals surface area contributed by atoms with Crippen molar-refractivity contribution in [1.82, 2.24) is 0 Å². The maximum Gasteiger partial charge on any atom is 0.268 e. The van der Waals surface area contributed by atoms with E-state index in [1.807, 2.05) is 0 Å². The molecule has 4 aliphatic rings. The van der Waals surface area contributed by atoms with Crippen LogP contribution in [0.3, 0.4) is 0 Å². The second-order valence-electron chi connectivity index (χ2n) is 12.2. The summed E-state index contributed by atoms with van der Waals surface area (Å²) in [7, 11) is -2.76. The van der Waals surface area contributed by atoms with E-state index in [1.54, 1.807) is 0 Å². The lowest BCUT2D eigenvalue weighted by Gasteiger charge is -2.37. The van der Waals surface area contributed by atoms with Gasteiger partial charge in [-0.2, -0.15) is 8.42 Å². The molecule has 4 fully saturated rings. The van der Waals surface area contributed by atoms with E-state index >= 15 is 0 Å². The number of hydrogen-bond donors (Lipinski definition) is 1. The fourth-order valence-electron chi connectivity index (χ4n) is 7.38. The number of carbonyl (C=O) groups is 2. The summed E-state index contributed by atoms with van der Waals surface area (Å²) < 4.78 is 45.5. The van der Waals surface area contributed by atoms with E-state index in [0.29, 0.717) is 31.5 Å². The molecule has 8 heteroatoms. The smallest absolute Gasteiger partial charge is 0.268 e. The standard InChI is InChI=1S/C28H46O7S/c1-18-3-5-19(6-4-18)27(29)20-7-11-22(12-8-20)35-23-13-9-21(10-14-23)28(30)25-16-15-24(34-2)17-26(25)36(31,32)33/h18-26H,3-17H2,1-2H3,(H,31,32,33). The third kappa shape index (κ3) is 6.97. The number of Topliss-reactive ketones (excluding diaryl/α,β-unsaturated/α-hetero) is 2. The molecule has 0 spiro atoms.